The van der Waals surface area contributed by atoms with Crippen molar-refractivity contribution in [3.8, 4) is 44.9 Å². The van der Waals surface area contributed by atoms with Crippen LogP contribution in [0.3, 0.4) is 0 Å². The Kier molecular flexibility index (Phi) is 6.21. The summed E-state index contributed by atoms with van der Waals surface area (Å²) in [4.78, 5) is 2.45. The molecule has 2 nitrogen and oxygen atoms in total. The van der Waals surface area contributed by atoms with Gasteiger partial charge in [-0.05, 0) is 92.9 Å². The SMILES string of the molecule is CC1(C)c2ccccc2-c2cccc(N(c3ccc4c(c3)Oc3ccc(-c5ccccc5)c5cccc-4c35)c3ccc4sc5ccccc5c4c3)c21. The summed E-state index contributed by atoms with van der Waals surface area (Å²) in [6, 6.07) is 59.8. The van der Waals surface area contributed by atoms with E-state index in [-0.39, 0.29) is 5.41 Å². The molecule has 3 heteroatoms. The van der Waals surface area contributed by atoms with Crippen molar-refractivity contribution in [2.45, 2.75) is 19.3 Å². The molecule has 11 rings (SSSR count). The molecule has 8 aromatic carbocycles. The van der Waals surface area contributed by atoms with Crippen LogP contribution in [0.5, 0.6) is 11.5 Å². The van der Waals surface area contributed by atoms with Crippen molar-refractivity contribution in [1.29, 1.82) is 0 Å². The predicted molar refractivity (Wildman–Crippen MR) is 220 cm³/mol. The van der Waals surface area contributed by atoms with Crippen LogP contribution in [0.4, 0.5) is 17.1 Å². The van der Waals surface area contributed by atoms with Crippen LogP contribution in [0.25, 0.3) is 64.3 Å². The zero-order chi connectivity index (χ0) is 34.6. The van der Waals surface area contributed by atoms with Crippen LogP contribution in [-0.4, -0.2) is 0 Å². The number of rotatable bonds is 4. The van der Waals surface area contributed by atoms with E-state index >= 15 is 0 Å². The van der Waals surface area contributed by atoms with Crippen molar-refractivity contribution < 1.29 is 4.74 Å². The Morgan fingerprint density at radius 1 is 0.481 bits per heavy atom. The molecular formula is C49H33NOS. The van der Waals surface area contributed by atoms with E-state index in [0.717, 1.165) is 33.8 Å². The molecule has 1 aliphatic heterocycles. The van der Waals surface area contributed by atoms with Gasteiger partial charge in [0.25, 0.3) is 0 Å². The number of thiophene rings is 1. The minimum Gasteiger partial charge on any atom is -0.456 e. The minimum absolute atomic E-state index is 0.185. The average molecular weight is 684 g/mol. The largest absolute Gasteiger partial charge is 0.456 e. The minimum atomic E-state index is -0.185. The summed E-state index contributed by atoms with van der Waals surface area (Å²) in [6.45, 7) is 4.73. The fourth-order valence-corrected chi connectivity index (χ4v) is 10.0. The Hall–Kier alpha value is -6.16. The van der Waals surface area contributed by atoms with Gasteiger partial charge in [0, 0.05) is 54.0 Å². The summed E-state index contributed by atoms with van der Waals surface area (Å²) in [5, 5.41) is 4.94. The molecule has 246 valence electrons. The van der Waals surface area contributed by atoms with E-state index in [9.17, 15) is 0 Å². The lowest BCUT2D eigenvalue weighted by atomic mass is 9.81. The highest BCUT2D eigenvalue weighted by atomic mass is 32.1. The van der Waals surface area contributed by atoms with Crippen LogP contribution < -0.4 is 9.64 Å². The molecule has 0 spiro atoms. The van der Waals surface area contributed by atoms with Gasteiger partial charge in [-0.15, -0.1) is 11.3 Å². The van der Waals surface area contributed by atoms with E-state index in [1.807, 2.05) is 11.3 Å². The highest BCUT2D eigenvalue weighted by Gasteiger charge is 2.39. The number of hydrogen-bond acceptors (Lipinski definition) is 3. The molecule has 0 bridgehead atoms. The Labute approximate surface area is 306 Å². The van der Waals surface area contributed by atoms with Gasteiger partial charge in [-0.1, -0.05) is 123 Å². The Morgan fingerprint density at radius 2 is 1.17 bits per heavy atom. The number of nitrogens with zero attached hydrogens (tertiary/aromatic N) is 1. The topological polar surface area (TPSA) is 12.5 Å². The van der Waals surface area contributed by atoms with Gasteiger partial charge < -0.3 is 9.64 Å². The van der Waals surface area contributed by atoms with E-state index in [1.165, 1.54) is 70.2 Å². The van der Waals surface area contributed by atoms with Crippen molar-refractivity contribution >= 4 is 59.3 Å². The quantitative estimate of drug-likeness (QED) is 0.183. The van der Waals surface area contributed by atoms with Crippen molar-refractivity contribution in [1.82, 2.24) is 0 Å². The molecule has 1 aromatic heterocycles. The third kappa shape index (κ3) is 4.17. The molecule has 2 aliphatic rings. The van der Waals surface area contributed by atoms with E-state index in [1.54, 1.807) is 0 Å². The smallest absolute Gasteiger partial charge is 0.137 e. The molecule has 0 N–H and O–H groups in total. The first-order chi connectivity index (χ1) is 25.5. The molecule has 0 saturated carbocycles. The van der Waals surface area contributed by atoms with Crippen molar-refractivity contribution in [3.05, 3.63) is 175 Å². The molecule has 0 saturated heterocycles. The Bertz CT molecular complexity index is 2920. The highest BCUT2D eigenvalue weighted by Crippen LogP contribution is 2.56. The van der Waals surface area contributed by atoms with Crippen LogP contribution in [0.1, 0.15) is 25.0 Å². The van der Waals surface area contributed by atoms with E-state index in [4.69, 9.17) is 4.74 Å². The van der Waals surface area contributed by atoms with Gasteiger partial charge in [-0.2, -0.15) is 0 Å². The fraction of sp³-hybridized carbons (Fsp3) is 0.0612. The second-order valence-electron chi connectivity index (χ2n) is 14.5. The molecule has 0 radical (unpaired) electrons. The summed E-state index contributed by atoms with van der Waals surface area (Å²) < 4.78 is 9.48. The van der Waals surface area contributed by atoms with Gasteiger partial charge in [0.05, 0.1) is 5.69 Å². The fourth-order valence-electron chi connectivity index (χ4n) is 8.91. The summed E-state index contributed by atoms with van der Waals surface area (Å²) in [5.41, 5.74) is 13.2. The summed E-state index contributed by atoms with van der Waals surface area (Å²) in [7, 11) is 0. The lowest BCUT2D eigenvalue weighted by molar-refractivity contribution is 0.487. The normalized spacial score (nSPS) is 13.5. The maximum atomic E-state index is 6.88. The zero-order valence-corrected chi connectivity index (χ0v) is 29.7. The molecular weight excluding hydrogens is 651 g/mol. The van der Waals surface area contributed by atoms with Crippen LogP contribution in [0.15, 0.2) is 164 Å². The van der Waals surface area contributed by atoms with Crippen molar-refractivity contribution in [3.63, 3.8) is 0 Å². The lowest BCUT2D eigenvalue weighted by Crippen LogP contribution is -2.20. The van der Waals surface area contributed by atoms with Gasteiger partial charge in [0.2, 0.25) is 0 Å². The molecule has 9 aromatic rings. The standard InChI is InChI=1S/C49H33NOS/c1-49(2)41-19-8-6-14-34(41)39-18-11-20-42(48(39)49)50(31-23-27-46-40(28-31)36-15-7-9-21-45(36)52-46)32-22-24-35-38-17-10-16-37-33(30-12-4-3-5-13-30)25-26-43(47(37)38)51-44(35)29-32/h3-29H,1-2H3. The van der Waals surface area contributed by atoms with E-state index in [2.05, 4.69) is 183 Å². The van der Waals surface area contributed by atoms with Crippen LogP contribution in [-0.2, 0) is 5.41 Å². The third-order valence-electron chi connectivity index (χ3n) is 11.2. The summed E-state index contributed by atoms with van der Waals surface area (Å²) >= 11 is 1.86. The number of anilines is 3. The van der Waals surface area contributed by atoms with E-state index < -0.39 is 0 Å². The first-order valence-electron chi connectivity index (χ1n) is 17.9. The number of fused-ring (bicyclic) bond motifs is 8. The van der Waals surface area contributed by atoms with Crippen molar-refractivity contribution in [2.24, 2.45) is 0 Å². The van der Waals surface area contributed by atoms with Gasteiger partial charge >= 0.3 is 0 Å². The second-order valence-corrected chi connectivity index (χ2v) is 15.6. The van der Waals surface area contributed by atoms with E-state index in [0.29, 0.717) is 0 Å². The predicted octanol–water partition coefficient (Wildman–Crippen LogP) is 14.4. The monoisotopic (exact) mass is 683 g/mol. The Balaban J connectivity index is 1.13. The molecule has 52 heavy (non-hydrogen) atoms. The summed E-state index contributed by atoms with van der Waals surface area (Å²) in [6.07, 6.45) is 0. The van der Waals surface area contributed by atoms with Gasteiger partial charge in [0.15, 0.2) is 0 Å². The molecule has 0 fully saturated rings. The Morgan fingerprint density at radius 3 is 2.10 bits per heavy atom. The van der Waals surface area contributed by atoms with Gasteiger partial charge in [0.1, 0.15) is 11.5 Å². The van der Waals surface area contributed by atoms with Crippen molar-refractivity contribution in [2.75, 3.05) is 4.90 Å². The third-order valence-corrected chi connectivity index (χ3v) is 12.4. The summed E-state index contributed by atoms with van der Waals surface area (Å²) in [5.74, 6) is 1.76. The first-order valence-corrected chi connectivity index (χ1v) is 18.7. The van der Waals surface area contributed by atoms with Gasteiger partial charge in [-0.25, -0.2) is 0 Å². The molecule has 0 unspecified atom stereocenters. The number of ether oxygens (including phenoxy) is 1. The van der Waals surface area contributed by atoms with Crippen LogP contribution >= 0.6 is 11.3 Å². The first kappa shape index (κ1) is 29.6. The maximum Gasteiger partial charge on any atom is 0.137 e. The zero-order valence-electron chi connectivity index (χ0n) is 28.9. The molecule has 0 amide bonds. The van der Waals surface area contributed by atoms with Gasteiger partial charge in [-0.3, -0.25) is 0 Å². The molecule has 2 heterocycles. The second kappa shape index (κ2) is 10.9. The van der Waals surface area contributed by atoms with Crippen LogP contribution in [0.2, 0.25) is 0 Å². The molecule has 0 atom stereocenters. The molecule has 1 aliphatic carbocycles. The lowest BCUT2D eigenvalue weighted by Gasteiger charge is -2.33. The number of hydrogen-bond donors (Lipinski definition) is 0. The highest BCUT2D eigenvalue weighted by molar-refractivity contribution is 7.25. The van der Waals surface area contributed by atoms with Crippen LogP contribution in [0, 0.1) is 0 Å². The average Bonchev–Trinajstić information content (AvgIpc) is 3.67. The number of benzene rings is 8. The maximum absolute atomic E-state index is 6.88.